The Morgan fingerprint density at radius 2 is 1.68 bits per heavy atom. The predicted molar refractivity (Wildman–Crippen MR) is 131 cm³/mol. The zero-order chi connectivity index (χ0) is 23.9. The maximum absolute atomic E-state index is 13.0. The Balaban J connectivity index is 1.37. The lowest BCUT2D eigenvalue weighted by molar-refractivity contribution is -0.122. The van der Waals surface area contributed by atoms with Crippen molar-refractivity contribution in [1.29, 1.82) is 0 Å². The van der Waals surface area contributed by atoms with E-state index < -0.39 is 5.92 Å². The molecule has 0 radical (unpaired) electrons. The lowest BCUT2D eigenvalue weighted by Gasteiger charge is -2.17. The number of hydrogen-bond acceptors (Lipinski definition) is 4. The molecule has 0 bridgehead atoms. The summed E-state index contributed by atoms with van der Waals surface area (Å²) in [6.45, 7) is 0.765. The zero-order valence-corrected chi connectivity index (χ0v) is 19.0. The number of ether oxygens (including phenoxy) is 1. The number of nitrogens with zero attached hydrogens (tertiary/aromatic N) is 1. The van der Waals surface area contributed by atoms with Crippen molar-refractivity contribution in [1.82, 2.24) is 5.32 Å². The molecule has 174 valence electrons. The van der Waals surface area contributed by atoms with Gasteiger partial charge in [0, 0.05) is 25.2 Å². The summed E-state index contributed by atoms with van der Waals surface area (Å²) in [6.07, 6.45) is 0.829. The minimum Gasteiger partial charge on any atom is -0.497 e. The van der Waals surface area contributed by atoms with Crippen molar-refractivity contribution in [3.63, 3.8) is 0 Å². The number of benzene rings is 3. The van der Waals surface area contributed by atoms with Crippen LogP contribution in [-0.4, -0.2) is 37.9 Å². The van der Waals surface area contributed by atoms with E-state index in [4.69, 9.17) is 4.74 Å². The number of para-hydroxylation sites is 1. The minimum absolute atomic E-state index is 0.114. The van der Waals surface area contributed by atoms with Crippen LogP contribution in [0.2, 0.25) is 0 Å². The Hall–Kier alpha value is -4.13. The number of carbonyl (C=O) groups is 3. The van der Waals surface area contributed by atoms with Crippen LogP contribution in [0.25, 0.3) is 0 Å². The van der Waals surface area contributed by atoms with Crippen LogP contribution >= 0.6 is 0 Å². The van der Waals surface area contributed by atoms with E-state index in [9.17, 15) is 14.4 Å². The molecule has 1 heterocycles. The van der Waals surface area contributed by atoms with E-state index >= 15 is 0 Å². The summed E-state index contributed by atoms with van der Waals surface area (Å²) in [5, 5.41) is 5.77. The molecule has 0 unspecified atom stereocenters. The van der Waals surface area contributed by atoms with Gasteiger partial charge in [-0.3, -0.25) is 14.4 Å². The molecule has 4 rings (SSSR count). The van der Waals surface area contributed by atoms with Gasteiger partial charge in [-0.2, -0.15) is 0 Å². The van der Waals surface area contributed by atoms with Gasteiger partial charge in [-0.25, -0.2) is 0 Å². The molecule has 7 nitrogen and oxygen atoms in total. The topological polar surface area (TPSA) is 87.7 Å². The van der Waals surface area contributed by atoms with Crippen molar-refractivity contribution in [3.8, 4) is 5.75 Å². The quantitative estimate of drug-likeness (QED) is 0.540. The third-order valence-electron chi connectivity index (χ3n) is 5.85. The van der Waals surface area contributed by atoms with Crippen LogP contribution in [0.15, 0.2) is 78.9 Å². The van der Waals surface area contributed by atoms with Crippen LogP contribution in [-0.2, 0) is 16.0 Å². The molecule has 0 aromatic heterocycles. The smallest absolute Gasteiger partial charge is 0.253 e. The van der Waals surface area contributed by atoms with Crippen molar-refractivity contribution >= 4 is 29.1 Å². The van der Waals surface area contributed by atoms with Crippen molar-refractivity contribution in [3.05, 3.63) is 90.0 Å². The summed E-state index contributed by atoms with van der Waals surface area (Å²) in [6, 6.07) is 24.0. The Labute approximate surface area is 198 Å². The monoisotopic (exact) mass is 457 g/mol. The summed E-state index contributed by atoms with van der Waals surface area (Å²) in [5.74, 6) is -0.465. The maximum Gasteiger partial charge on any atom is 0.253 e. The highest BCUT2D eigenvalue weighted by Crippen LogP contribution is 2.28. The molecule has 1 atom stereocenters. The average Bonchev–Trinajstić information content (AvgIpc) is 3.26. The first-order valence-electron chi connectivity index (χ1n) is 11.2. The molecule has 2 N–H and O–H groups in total. The van der Waals surface area contributed by atoms with Crippen LogP contribution < -0.4 is 20.3 Å². The number of anilines is 2. The third-order valence-corrected chi connectivity index (χ3v) is 5.85. The Morgan fingerprint density at radius 1 is 0.971 bits per heavy atom. The lowest BCUT2D eigenvalue weighted by Crippen LogP contribution is -2.30. The molecule has 7 heteroatoms. The SMILES string of the molecule is COc1ccc(N2C[C@@H](C(=O)Nc3ccccc3C(=O)NCCc3ccccc3)CC2=O)cc1. The highest BCUT2D eigenvalue weighted by molar-refractivity contribution is 6.07. The van der Waals surface area contributed by atoms with Gasteiger partial charge in [-0.15, -0.1) is 0 Å². The molecule has 1 fully saturated rings. The molecule has 3 aromatic carbocycles. The average molecular weight is 458 g/mol. The summed E-state index contributed by atoms with van der Waals surface area (Å²) in [5.41, 5.74) is 2.68. The van der Waals surface area contributed by atoms with E-state index in [1.54, 1.807) is 60.5 Å². The number of hydrogen-bond donors (Lipinski definition) is 2. The Morgan fingerprint density at radius 3 is 2.41 bits per heavy atom. The molecule has 1 aliphatic heterocycles. The van der Waals surface area contributed by atoms with Crippen LogP contribution in [0.1, 0.15) is 22.3 Å². The molecule has 0 saturated carbocycles. The molecule has 34 heavy (non-hydrogen) atoms. The first-order chi connectivity index (χ1) is 16.5. The molecular formula is C27H27N3O4. The summed E-state index contributed by atoms with van der Waals surface area (Å²) < 4.78 is 5.16. The summed E-state index contributed by atoms with van der Waals surface area (Å²) in [4.78, 5) is 39.9. The fourth-order valence-corrected chi connectivity index (χ4v) is 3.98. The molecule has 3 aromatic rings. The number of methoxy groups -OCH3 is 1. The van der Waals surface area contributed by atoms with Gasteiger partial charge in [0.25, 0.3) is 5.91 Å². The normalized spacial score (nSPS) is 15.1. The van der Waals surface area contributed by atoms with Gasteiger partial charge < -0.3 is 20.3 Å². The highest BCUT2D eigenvalue weighted by atomic mass is 16.5. The highest BCUT2D eigenvalue weighted by Gasteiger charge is 2.35. The van der Waals surface area contributed by atoms with Crippen LogP contribution in [0.4, 0.5) is 11.4 Å². The fourth-order valence-electron chi connectivity index (χ4n) is 3.98. The number of carbonyl (C=O) groups excluding carboxylic acids is 3. The van der Waals surface area contributed by atoms with Crippen molar-refractivity contribution in [2.45, 2.75) is 12.8 Å². The van der Waals surface area contributed by atoms with Crippen molar-refractivity contribution < 1.29 is 19.1 Å². The van der Waals surface area contributed by atoms with E-state index in [0.29, 0.717) is 30.0 Å². The largest absolute Gasteiger partial charge is 0.497 e. The number of amides is 3. The van der Waals surface area contributed by atoms with E-state index in [2.05, 4.69) is 10.6 Å². The second-order valence-electron chi connectivity index (χ2n) is 8.13. The van der Waals surface area contributed by atoms with Crippen molar-refractivity contribution in [2.75, 3.05) is 30.4 Å². The molecular weight excluding hydrogens is 430 g/mol. The van der Waals surface area contributed by atoms with Gasteiger partial charge in [0.2, 0.25) is 11.8 Å². The fraction of sp³-hybridized carbons (Fsp3) is 0.222. The number of nitrogens with one attached hydrogen (secondary N) is 2. The molecule has 0 spiro atoms. The van der Waals surface area contributed by atoms with E-state index in [-0.39, 0.29) is 30.7 Å². The van der Waals surface area contributed by atoms with Crippen LogP contribution in [0, 0.1) is 5.92 Å². The van der Waals surface area contributed by atoms with Crippen LogP contribution in [0.3, 0.4) is 0 Å². The van der Waals surface area contributed by atoms with Gasteiger partial charge in [0.1, 0.15) is 5.75 Å². The first kappa shape index (κ1) is 23.0. The maximum atomic E-state index is 13.0. The Bertz CT molecular complexity index is 1160. The van der Waals surface area contributed by atoms with Crippen molar-refractivity contribution in [2.24, 2.45) is 5.92 Å². The van der Waals surface area contributed by atoms with Gasteiger partial charge in [0.15, 0.2) is 0 Å². The van der Waals surface area contributed by atoms with E-state index in [0.717, 1.165) is 11.3 Å². The third kappa shape index (κ3) is 5.43. The lowest BCUT2D eigenvalue weighted by atomic mass is 10.1. The van der Waals surface area contributed by atoms with Gasteiger partial charge >= 0.3 is 0 Å². The van der Waals surface area contributed by atoms with Gasteiger partial charge in [-0.05, 0) is 48.4 Å². The number of rotatable bonds is 8. The second kappa shape index (κ2) is 10.7. The summed E-state index contributed by atoms with van der Waals surface area (Å²) in [7, 11) is 1.58. The predicted octanol–water partition coefficient (Wildman–Crippen LogP) is 3.66. The molecule has 3 amide bonds. The van der Waals surface area contributed by atoms with Crippen LogP contribution in [0.5, 0.6) is 5.75 Å². The van der Waals surface area contributed by atoms with Gasteiger partial charge in [-0.1, -0.05) is 42.5 Å². The minimum atomic E-state index is -0.510. The van der Waals surface area contributed by atoms with Gasteiger partial charge in [0.05, 0.1) is 24.3 Å². The zero-order valence-electron chi connectivity index (χ0n) is 19.0. The van der Waals surface area contributed by atoms with E-state index in [1.807, 2.05) is 30.3 Å². The standard InChI is InChI=1S/C27H27N3O4/c1-34-22-13-11-21(12-14-22)30-18-20(17-25(30)31)26(32)29-24-10-6-5-9-23(24)27(33)28-16-15-19-7-3-2-4-8-19/h2-14,20H,15-18H2,1H3,(H,28,33)(H,29,32)/t20-/m0/s1. The summed E-state index contributed by atoms with van der Waals surface area (Å²) >= 11 is 0. The molecule has 1 saturated heterocycles. The first-order valence-corrected chi connectivity index (χ1v) is 11.2. The Kier molecular flexibility index (Phi) is 7.22. The molecule has 0 aliphatic carbocycles. The molecule has 1 aliphatic rings. The second-order valence-corrected chi connectivity index (χ2v) is 8.13. The van der Waals surface area contributed by atoms with E-state index in [1.165, 1.54) is 0 Å².